The highest BCUT2D eigenvalue weighted by atomic mass is 16.6. The molecule has 2 aliphatic rings. The molecule has 1 saturated carbocycles. The maximum atomic E-state index is 12.6. The number of oxime groups is 1. The van der Waals surface area contributed by atoms with Crippen molar-refractivity contribution in [3.8, 4) is 0 Å². The zero-order valence-corrected chi connectivity index (χ0v) is 14.7. The van der Waals surface area contributed by atoms with Crippen molar-refractivity contribution < 1.29 is 11.0 Å². The molecular formula is C20H24N4O2. The third-order valence-electron chi connectivity index (χ3n) is 4.98. The third kappa shape index (κ3) is 3.79. The Morgan fingerprint density at radius 3 is 2.88 bits per heavy atom. The highest BCUT2D eigenvalue weighted by molar-refractivity contribution is 5.96. The molecule has 1 atom stereocenters. The number of aromatic nitrogens is 2. The molecule has 6 nitrogen and oxygen atoms in total. The molecular weight excluding hydrogens is 328 g/mol. The molecule has 0 bridgehead atoms. The summed E-state index contributed by atoms with van der Waals surface area (Å²) in [5, 5.41) is 11.3. The van der Waals surface area contributed by atoms with Gasteiger partial charge in [0.05, 0.1) is 19.7 Å². The van der Waals surface area contributed by atoms with E-state index < -0.39 is 6.08 Å². The van der Waals surface area contributed by atoms with E-state index in [1.165, 1.54) is 12.8 Å². The van der Waals surface area contributed by atoms with Crippen molar-refractivity contribution in [2.45, 2.75) is 50.6 Å². The van der Waals surface area contributed by atoms with E-state index in [2.05, 4.69) is 15.6 Å². The van der Waals surface area contributed by atoms with Crippen molar-refractivity contribution >= 4 is 11.6 Å². The number of rotatable bonds is 6. The Kier molecular flexibility index (Phi) is 4.64. The zero-order chi connectivity index (χ0) is 18.7. The first kappa shape index (κ1) is 15.6. The van der Waals surface area contributed by atoms with E-state index in [-0.39, 0.29) is 12.5 Å². The molecule has 136 valence electrons. The Morgan fingerprint density at radius 2 is 2.08 bits per heavy atom. The lowest BCUT2D eigenvalue weighted by Crippen LogP contribution is -2.31. The maximum absolute atomic E-state index is 12.6. The first-order valence-corrected chi connectivity index (χ1v) is 9.22. The van der Waals surface area contributed by atoms with Crippen molar-refractivity contribution in [2.75, 3.05) is 6.54 Å². The lowest BCUT2D eigenvalue weighted by molar-refractivity contribution is 0.0859. The number of hydrogen-bond donors (Lipinski definition) is 1. The summed E-state index contributed by atoms with van der Waals surface area (Å²) >= 11 is 0. The molecule has 0 spiro atoms. The summed E-state index contributed by atoms with van der Waals surface area (Å²) in [7, 11) is 0. The van der Waals surface area contributed by atoms with Crippen LogP contribution in [0.3, 0.4) is 0 Å². The lowest BCUT2D eigenvalue weighted by atomic mass is 10.0. The number of nitrogens with one attached hydrogen (secondary N) is 1. The van der Waals surface area contributed by atoms with Crippen LogP contribution in [0.2, 0.25) is 0 Å². The van der Waals surface area contributed by atoms with Crippen LogP contribution in [0.4, 0.5) is 0 Å². The minimum Gasteiger partial charge on any atom is -0.392 e. The van der Waals surface area contributed by atoms with Crippen LogP contribution in [-0.4, -0.2) is 34.0 Å². The molecule has 1 fully saturated rings. The molecule has 26 heavy (non-hydrogen) atoms. The second-order valence-corrected chi connectivity index (χ2v) is 6.91. The van der Waals surface area contributed by atoms with Crippen molar-refractivity contribution in [2.24, 2.45) is 5.16 Å². The van der Waals surface area contributed by atoms with Crippen molar-refractivity contribution in [3.63, 3.8) is 0 Å². The number of carbonyl (C=O) groups is 1. The van der Waals surface area contributed by atoms with Gasteiger partial charge in [0.15, 0.2) is 0 Å². The minimum atomic E-state index is -1.10. The van der Waals surface area contributed by atoms with Gasteiger partial charge >= 0.3 is 0 Å². The summed E-state index contributed by atoms with van der Waals surface area (Å²) in [6.45, 7) is 0.282. The van der Waals surface area contributed by atoms with Gasteiger partial charge in [-0.2, -0.15) is 5.10 Å². The molecule has 6 heteroatoms. The monoisotopic (exact) mass is 353 g/mol. The predicted molar refractivity (Wildman–Crippen MR) is 99.1 cm³/mol. The van der Waals surface area contributed by atoms with E-state index in [9.17, 15) is 4.79 Å². The van der Waals surface area contributed by atoms with Crippen LogP contribution in [-0.2, 0) is 11.3 Å². The number of hydrogen-bond acceptors (Lipinski definition) is 4. The molecule has 1 aromatic carbocycles. The van der Waals surface area contributed by atoms with E-state index in [0.29, 0.717) is 30.3 Å². The second kappa shape index (κ2) is 7.72. The van der Waals surface area contributed by atoms with Crippen LogP contribution in [0.15, 0.2) is 47.8 Å². The quantitative estimate of drug-likeness (QED) is 0.867. The molecule has 0 saturated heterocycles. The Balaban J connectivity index is 1.32. The summed E-state index contributed by atoms with van der Waals surface area (Å²) in [6.07, 6.45) is 5.94. The van der Waals surface area contributed by atoms with E-state index in [0.717, 1.165) is 18.4 Å². The van der Waals surface area contributed by atoms with Gasteiger partial charge in [0, 0.05) is 19.0 Å². The van der Waals surface area contributed by atoms with Gasteiger partial charge < -0.3 is 10.2 Å². The Hall–Kier alpha value is -2.63. The van der Waals surface area contributed by atoms with Crippen LogP contribution >= 0.6 is 0 Å². The summed E-state index contributed by atoms with van der Waals surface area (Å²) < 4.78 is 10.3. The van der Waals surface area contributed by atoms with E-state index in [1.54, 1.807) is 12.3 Å². The first-order chi connectivity index (χ1) is 13.1. The van der Waals surface area contributed by atoms with Gasteiger partial charge in [-0.25, -0.2) is 0 Å². The standard InChI is InChI=1S/C20H24N4O2/c25-20(19-10-11-22-24(19)17-8-4-5-9-17)21-14-16-13-18(26-23-16)12-15-6-2-1-3-7-15/h1-3,6-7,10-11,17-18H,4-5,8-9,12-14H2,(H,21,25)/i18D. The topological polar surface area (TPSA) is 68.5 Å². The SMILES string of the molecule is [2H]C1(Cc2ccccc2)CC(CNC(=O)c2ccnn2C2CCCC2)=NO1. The molecule has 1 amide bonds. The zero-order valence-electron chi connectivity index (χ0n) is 15.7. The number of carbonyl (C=O) groups excluding carboxylic acids is 1. The van der Waals surface area contributed by atoms with Gasteiger partial charge in [-0.3, -0.25) is 9.48 Å². The van der Waals surface area contributed by atoms with Crippen LogP contribution in [0, 0.1) is 0 Å². The van der Waals surface area contributed by atoms with Crippen LogP contribution < -0.4 is 5.32 Å². The van der Waals surface area contributed by atoms with Crippen molar-refractivity contribution in [3.05, 3.63) is 53.9 Å². The molecule has 0 radical (unpaired) electrons. The lowest BCUT2D eigenvalue weighted by Gasteiger charge is -2.13. The van der Waals surface area contributed by atoms with E-state index in [1.807, 2.05) is 35.0 Å². The fourth-order valence-electron chi connectivity index (χ4n) is 3.64. The molecule has 1 aliphatic carbocycles. The van der Waals surface area contributed by atoms with Crippen LogP contribution in [0.5, 0.6) is 0 Å². The van der Waals surface area contributed by atoms with Crippen LogP contribution in [0.1, 0.15) is 55.6 Å². The molecule has 1 aliphatic heterocycles. The Morgan fingerprint density at radius 1 is 1.27 bits per heavy atom. The van der Waals surface area contributed by atoms with Gasteiger partial charge in [-0.05, 0) is 24.5 Å². The predicted octanol–water partition coefficient (Wildman–Crippen LogP) is 3.12. The Labute approximate surface area is 154 Å². The maximum Gasteiger partial charge on any atom is 0.269 e. The van der Waals surface area contributed by atoms with Gasteiger partial charge in [0.25, 0.3) is 5.91 Å². The summed E-state index contributed by atoms with van der Waals surface area (Å²) in [5.41, 5.74) is 2.30. The Bertz CT molecular complexity index is 830. The summed E-state index contributed by atoms with van der Waals surface area (Å²) in [6, 6.07) is 11.9. The third-order valence-corrected chi connectivity index (χ3v) is 4.98. The van der Waals surface area contributed by atoms with Gasteiger partial charge in [0.1, 0.15) is 11.8 Å². The fourth-order valence-corrected chi connectivity index (χ4v) is 3.64. The molecule has 1 aromatic heterocycles. The second-order valence-electron chi connectivity index (χ2n) is 6.91. The van der Waals surface area contributed by atoms with Crippen molar-refractivity contribution in [1.82, 2.24) is 15.1 Å². The summed E-state index contributed by atoms with van der Waals surface area (Å²) in [4.78, 5) is 17.9. The fraction of sp³-hybridized carbons (Fsp3) is 0.450. The molecule has 2 heterocycles. The summed E-state index contributed by atoms with van der Waals surface area (Å²) in [5.74, 6) is -0.160. The van der Waals surface area contributed by atoms with Gasteiger partial charge in [-0.1, -0.05) is 48.3 Å². The van der Waals surface area contributed by atoms with Gasteiger partial charge in [0.2, 0.25) is 0 Å². The van der Waals surface area contributed by atoms with Crippen LogP contribution in [0.25, 0.3) is 0 Å². The number of amides is 1. The van der Waals surface area contributed by atoms with Gasteiger partial charge in [-0.15, -0.1) is 0 Å². The van der Waals surface area contributed by atoms with E-state index >= 15 is 0 Å². The minimum absolute atomic E-state index is 0.160. The van der Waals surface area contributed by atoms with E-state index in [4.69, 9.17) is 6.21 Å². The number of nitrogens with zero attached hydrogens (tertiary/aromatic N) is 3. The molecule has 1 N–H and O–H groups in total. The first-order valence-electron chi connectivity index (χ1n) is 9.72. The number of benzene rings is 1. The largest absolute Gasteiger partial charge is 0.392 e. The highest BCUT2D eigenvalue weighted by Gasteiger charge is 2.24. The molecule has 4 rings (SSSR count). The smallest absolute Gasteiger partial charge is 0.269 e. The average molecular weight is 353 g/mol. The average Bonchev–Trinajstić information content (AvgIpc) is 3.41. The normalized spacial score (nSPS) is 23.4. The molecule has 2 aromatic rings. The highest BCUT2D eigenvalue weighted by Crippen LogP contribution is 2.29. The van der Waals surface area contributed by atoms with Crippen molar-refractivity contribution in [1.29, 1.82) is 0 Å². The molecule has 1 unspecified atom stereocenters.